The second-order valence-corrected chi connectivity index (χ2v) is 15.1. The van der Waals surface area contributed by atoms with E-state index in [1.165, 1.54) is 6.92 Å². The fourth-order valence-electron chi connectivity index (χ4n) is 9.43. The van der Waals surface area contributed by atoms with Crippen molar-refractivity contribution in [3.63, 3.8) is 0 Å². The van der Waals surface area contributed by atoms with E-state index < -0.39 is 6.10 Å². The number of nitrogens with one attached hydrogen (secondary N) is 1. The highest BCUT2D eigenvalue weighted by molar-refractivity contribution is 5.84. The van der Waals surface area contributed by atoms with Gasteiger partial charge in [0.15, 0.2) is 11.5 Å². The molecule has 8 rings (SSSR count). The van der Waals surface area contributed by atoms with Crippen LogP contribution in [0.4, 0.5) is 5.82 Å². The first-order valence-corrected chi connectivity index (χ1v) is 18.9. The molecule has 1 fully saturated rings. The number of ether oxygens (including phenoxy) is 4. The molecule has 1 spiro atoms. The quantitative estimate of drug-likeness (QED) is 0.0909. The topological polar surface area (TPSA) is 145 Å². The van der Waals surface area contributed by atoms with Gasteiger partial charge < -0.3 is 40.2 Å². The lowest BCUT2D eigenvalue weighted by Crippen LogP contribution is -2.31. The van der Waals surface area contributed by atoms with Crippen molar-refractivity contribution in [2.45, 2.75) is 76.2 Å². The van der Waals surface area contributed by atoms with E-state index >= 15 is 0 Å². The van der Waals surface area contributed by atoms with E-state index in [9.17, 15) is 15.0 Å². The fraction of sp³-hybridized carbons (Fsp3) is 0.409. The molecule has 0 saturated heterocycles. The van der Waals surface area contributed by atoms with Crippen LogP contribution in [0.5, 0.6) is 28.7 Å². The van der Waals surface area contributed by atoms with Crippen LogP contribution in [0.15, 0.2) is 42.5 Å². The molecule has 3 heterocycles. The Labute approximate surface area is 316 Å². The molecule has 4 aliphatic rings. The number of hydrogen-bond donors (Lipinski definition) is 4. The molecule has 2 aliphatic heterocycles. The predicted molar refractivity (Wildman–Crippen MR) is 205 cm³/mol. The Morgan fingerprint density at radius 1 is 1.11 bits per heavy atom. The van der Waals surface area contributed by atoms with Gasteiger partial charge in [-0.25, -0.2) is 4.98 Å². The maximum atomic E-state index is 12.3. The van der Waals surface area contributed by atoms with Gasteiger partial charge in [-0.1, -0.05) is 25.0 Å². The number of methoxy groups -OCH3 is 1. The van der Waals surface area contributed by atoms with Gasteiger partial charge in [0, 0.05) is 53.6 Å². The Kier molecular flexibility index (Phi) is 9.31. The van der Waals surface area contributed by atoms with Gasteiger partial charge in [0.05, 0.1) is 13.0 Å². The zero-order valence-electron chi connectivity index (χ0n) is 31.3. The summed E-state index contributed by atoms with van der Waals surface area (Å²) in [4.78, 5) is 17.2. The average molecular weight is 730 g/mol. The molecule has 54 heavy (non-hydrogen) atoms. The van der Waals surface area contributed by atoms with Crippen molar-refractivity contribution in [2.75, 3.05) is 39.6 Å². The van der Waals surface area contributed by atoms with E-state index in [1.807, 2.05) is 19.2 Å². The Bertz CT molecular complexity index is 2220. The van der Waals surface area contributed by atoms with Crippen LogP contribution in [-0.4, -0.2) is 55.1 Å². The Morgan fingerprint density at radius 2 is 1.96 bits per heavy atom. The summed E-state index contributed by atoms with van der Waals surface area (Å²) < 4.78 is 25.0. The number of hydrogen-bond acceptors (Lipinski definition) is 10. The minimum absolute atomic E-state index is 0.00701. The van der Waals surface area contributed by atoms with Crippen LogP contribution in [0.25, 0.3) is 11.1 Å². The largest absolute Gasteiger partial charge is 0.508 e. The van der Waals surface area contributed by atoms with E-state index in [2.05, 4.69) is 42.3 Å². The van der Waals surface area contributed by atoms with Gasteiger partial charge in [-0.3, -0.25) is 4.79 Å². The molecule has 0 radical (unpaired) electrons. The van der Waals surface area contributed by atoms with Crippen LogP contribution in [0.2, 0.25) is 0 Å². The molecule has 5 N–H and O–H groups in total. The third kappa shape index (κ3) is 6.14. The van der Waals surface area contributed by atoms with Gasteiger partial charge in [0.25, 0.3) is 0 Å². The Hall–Kier alpha value is -5.40. The van der Waals surface area contributed by atoms with E-state index in [4.69, 9.17) is 29.7 Å². The number of esters is 1. The molecule has 1 aromatic heterocycles. The fourth-order valence-corrected chi connectivity index (χ4v) is 9.43. The van der Waals surface area contributed by atoms with Crippen molar-refractivity contribution in [2.24, 2.45) is 5.92 Å². The van der Waals surface area contributed by atoms with E-state index in [-0.39, 0.29) is 35.4 Å². The number of aromatic nitrogens is 1. The summed E-state index contributed by atoms with van der Waals surface area (Å²) in [7, 11) is 3.48. The minimum Gasteiger partial charge on any atom is -0.508 e. The number of phenolic OH excluding ortho intramolecular Hbond substituents is 2. The summed E-state index contributed by atoms with van der Waals surface area (Å²) in [5.41, 5.74) is 15.6. The molecular formula is C44H47N3O7. The van der Waals surface area contributed by atoms with Crippen molar-refractivity contribution >= 4 is 11.8 Å². The number of aryl methyl sites for hydroxylation is 1. The average Bonchev–Trinajstić information content (AvgIpc) is 3.72. The van der Waals surface area contributed by atoms with Gasteiger partial charge in [0.1, 0.15) is 48.1 Å². The van der Waals surface area contributed by atoms with Gasteiger partial charge in [-0.2, -0.15) is 0 Å². The highest BCUT2D eigenvalue weighted by Gasteiger charge is 2.51. The molecule has 4 atom stereocenters. The van der Waals surface area contributed by atoms with Gasteiger partial charge in [0.2, 0.25) is 0 Å². The van der Waals surface area contributed by atoms with Crippen LogP contribution in [0.3, 0.4) is 0 Å². The molecule has 4 aromatic rings. The molecule has 10 heteroatoms. The Morgan fingerprint density at radius 3 is 2.74 bits per heavy atom. The van der Waals surface area contributed by atoms with Crippen molar-refractivity contribution in [1.82, 2.24) is 10.3 Å². The predicted octanol–water partition coefficient (Wildman–Crippen LogP) is 6.44. The maximum Gasteiger partial charge on any atom is 0.302 e. The summed E-state index contributed by atoms with van der Waals surface area (Å²) in [5, 5.41) is 25.2. The second-order valence-electron chi connectivity index (χ2n) is 15.1. The molecule has 1 saturated carbocycles. The first-order chi connectivity index (χ1) is 26.1. The number of nitrogens with zero attached hydrogens (tertiary/aromatic N) is 1. The van der Waals surface area contributed by atoms with Crippen molar-refractivity contribution in [1.29, 1.82) is 0 Å². The van der Waals surface area contributed by atoms with E-state index in [0.717, 1.165) is 87.9 Å². The summed E-state index contributed by atoms with van der Waals surface area (Å²) >= 11 is 0. The monoisotopic (exact) mass is 729 g/mol. The number of carbonyl (C=O) groups excluding carboxylic acids is 1. The molecule has 2 aliphatic carbocycles. The van der Waals surface area contributed by atoms with Crippen molar-refractivity contribution < 1.29 is 34.0 Å². The third-order valence-electron chi connectivity index (χ3n) is 11.8. The molecule has 0 amide bonds. The standard InChI is InChI=1S/C44H47N3O7/c1-5-26-16-28-15-25-11-12-44(21-25)22-29-17-30(49)19-38(51-4)39(29)32-10-9-31-34(23-53-24(2)48)41(54-42(31)40(32)44)33-20-37(52-14-13-46-3)36(50)18-27(33)7-6-8-35(28)47-43(26)45/h9-10,16-20,25,34,41,46,49-50H,5,7,11-15,21-23H2,1-4H3,(H2,45,47)/t25-,34+,41-,44-/m1/s1. The first kappa shape index (κ1) is 35.6. The number of fused-ring (bicyclic) bond motifs is 7. The zero-order valence-corrected chi connectivity index (χ0v) is 31.3. The normalized spacial score (nSPS) is 21.6. The minimum atomic E-state index is -0.578. The van der Waals surface area contributed by atoms with Crippen LogP contribution >= 0.6 is 0 Å². The van der Waals surface area contributed by atoms with Crippen molar-refractivity contribution in [3.8, 4) is 51.7 Å². The van der Waals surface area contributed by atoms with Crippen LogP contribution in [0.1, 0.15) is 89.8 Å². The number of rotatable bonds is 8. The summed E-state index contributed by atoms with van der Waals surface area (Å²) in [6, 6.07) is 13.5. The van der Waals surface area contributed by atoms with Gasteiger partial charge >= 0.3 is 5.97 Å². The van der Waals surface area contributed by atoms with Gasteiger partial charge in [-0.15, -0.1) is 0 Å². The molecule has 10 nitrogen and oxygen atoms in total. The number of carbonyl (C=O) groups is 1. The third-order valence-corrected chi connectivity index (χ3v) is 11.8. The maximum absolute atomic E-state index is 12.3. The molecule has 280 valence electrons. The number of phenols is 2. The number of likely N-dealkylation sites (N-methyl/N-ethyl adjacent to an activating group) is 1. The lowest BCUT2D eigenvalue weighted by Gasteiger charge is -2.39. The van der Waals surface area contributed by atoms with Crippen LogP contribution < -0.4 is 25.3 Å². The second kappa shape index (κ2) is 14.1. The molecule has 4 bridgehead atoms. The Balaban J connectivity index is 1.38. The molecule has 0 unspecified atom stereocenters. The number of anilines is 1. The molecular weight excluding hydrogens is 682 g/mol. The summed E-state index contributed by atoms with van der Waals surface area (Å²) in [6.07, 6.45) is 4.79. The lowest BCUT2D eigenvalue weighted by atomic mass is 9.65. The number of aromatic hydroxyl groups is 2. The smallest absolute Gasteiger partial charge is 0.302 e. The lowest BCUT2D eigenvalue weighted by molar-refractivity contribution is -0.141. The highest BCUT2D eigenvalue weighted by atomic mass is 16.5. The van der Waals surface area contributed by atoms with Gasteiger partial charge in [-0.05, 0) is 109 Å². The van der Waals surface area contributed by atoms with E-state index in [0.29, 0.717) is 54.9 Å². The zero-order chi connectivity index (χ0) is 37.7. The summed E-state index contributed by atoms with van der Waals surface area (Å²) in [6.45, 7) is 4.55. The number of nitrogen functional groups attached to an aromatic ring is 1. The highest BCUT2D eigenvalue weighted by Crippen LogP contribution is 2.62. The van der Waals surface area contributed by atoms with Crippen molar-refractivity contribution in [3.05, 3.63) is 87.1 Å². The number of nitrogens with two attached hydrogens (primary N) is 1. The van der Waals surface area contributed by atoms with E-state index in [1.54, 1.807) is 19.2 Å². The van der Waals surface area contributed by atoms with Crippen LogP contribution in [0, 0.1) is 17.8 Å². The summed E-state index contributed by atoms with van der Waals surface area (Å²) in [5.74, 6) is 8.75. The van der Waals surface area contributed by atoms with Crippen LogP contribution in [-0.2, 0) is 40.6 Å². The number of pyridine rings is 1. The SMILES string of the molecule is CCc1cc2c(nc1N)C#CCc1cc(O)c(OCCNC)cc1[C@H]1Oc3c(ccc4c3[C@@]3(CC[C@H](C2)C3)Cc2cc(O)cc(OC)c2-4)[C@@H]1COC(C)=O. The number of benzene rings is 3. The molecule has 3 aromatic carbocycles. The first-order valence-electron chi connectivity index (χ1n) is 18.9.